The third kappa shape index (κ3) is 5.44. The maximum Gasteiger partial charge on any atom is 0.244 e. The highest BCUT2D eigenvalue weighted by Crippen LogP contribution is 1.86. The molecule has 0 aromatic heterocycles. The van der Waals surface area contributed by atoms with Crippen molar-refractivity contribution in [2.24, 2.45) is 0 Å². The normalized spacial score (nSPS) is 9.62. The van der Waals surface area contributed by atoms with Crippen molar-refractivity contribution in [3.63, 3.8) is 0 Å². The zero-order chi connectivity index (χ0) is 6.41. The van der Waals surface area contributed by atoms with Crippen LogP contribution in [0.4, 0.5) is 0 Å². The SMILES string of the molecule is C=CCC=CC(=O)Cl. The maximum atomic E-state index is 9.96. The van der Waals surface area contributed by atoms with Crippen LogP contribution in [0.25, 0.3) is 0 Å². The van der Waals surface area contributed by atoms with E-state index in [9.17, 15) is 4.79 Å². The van der Waals surface area contributed by atoms with Gasteiger partial charge in [-0.3, -0.25) is 4.79 Å². The van der Waals surface area contributed by atoms with E-state index in [4.69, 9.17) is 11.6 Å². The lowest BCUT2D eigenvalue weighted by Gasteiger charge is -1.74. The second kappa shape index (κ2) is 4.60. The second-order valence-electron chi connectivity index (χ2n) is 1.23. The Morgan fingerprint density at radius 2 is 2.38 bits per heavy atom. The Hall–Kier alpha value is -0.560. The predicted molar refractivity (Wildman–Crippen MR) is 34.8 cm³/mol. The topological polar surface area (TPSA) is 17.1 Å². The molecule has 0 amide bonds. The standard InChI is InChI=1S/C6H7ClO/c1-2-3-4-5-6(7)8/h2,4-5H,1,3H2. The Bertz CT molecular complexity index is 116. The van der Waals surface area contributed by atoms with Gasteiger partial charge in [0.1, 0.15) is 0 Å². The van der Waals surface area contributed by atoms with E-state index in [0.29, 0.717) is 6.42 Å². The molecule has 8 heavy (non-hydrogen) atoms. The van der Waals surface area contributed by atoms with Gasteiger partial charge in [0, 0.05) is 0 Å². The van der Waals surface area contributed by atoms with Gasteiger partial charge in [-0.25, -0.2) is 0 Å². The minimum absolute atomic E-state index is 0.438. The Morgan fingerprint density at radius 1 is 1.75 bits per heavy atom. The second-order valence-corrected chi connectivity index (χ2v) is 1.60. The third-order valence-corrected chi connectivity index (χ3v) is 0.678. The molecular formula is C6H7ClO. The number of carbonyl (C=O) groups excluding carboxylic acids is 1. The highest BCUT2D eigenvalue weighted by molar-refractivity contribution is 6.66. The fraction of sp³-hybridized carbons (Fsp3) is 0.167. The van der Waals surface area contributed by atoms with E-state index in [1.54, 1.807) is 12.2 Å². The number of halogens is 1. The monoisotopic (exact) mass is 130 g/mol. The van der Waals surface area contributed by atoms with Crippen molar-refractivity contribution < 1.29 is 4.79 Å². The molecule has 0 N–H and O–H groups in total. The number of rotatable bonds is 3. The van der Waals surface area contributed by atoms with Gasteiger partial charge in [0.2, 0.25) is 5.24 Å². The summed E-state index contributed by atoms with van der Waals surface area (Å²) >= 11 is 4.95. The molecule has 0 saturated heterocycles. The molecule has 0 aliphatic rings. The molecule has 0 aliphatic carbocycles. The van der Waals surface area contributed by atoms with E-state index >= 15 is 0 Å². The van der Waals surface area contributed by atoms with Gasteiger partial charge in [-0.1, -0.05) is 12.2 Å². The fourth-order valence-electron chi connectivity index (χ4n) is 0.257. The summed E-state index contributed by atoms with van der Waals surface area (Å²) in [6.07, 6.45) is 5.35. The van der Waals surface area contributed by atoms with Crippen LogP contribution in [0, 0.1) is 0 Å². The van der Waals surface area contributed by atoms with Crippen molar-refractivity contribution in [2.75, 3.05) is 0 Å². The average molecular weight is 131 g/mol. The summed E-state index contributed by atoms with van der Waals surface area (Å²) in [5, 5.41) is -0.438. The average Bonchev–Trinajstić information content (AvgIpc) is 1.66. The number of allylic oxidation sites excluding steroid dienone is 3. The smallest absolute Gasteiger partial charge is 0.244 e. The zero-order valence-electron chi connectivity index (χ0n) is 4.43. The number of carbonyl (C=O) groups is 1. The molecule has 0 unspecified atom stereocenters. The van der Waals surface area contributed by atoms with Crippen molar-refractivity contribution in [3.05, 3.63) is 24.8 Å². The van der Waals surface area contributed by atoms with Gasteiger partial charge >= 0.3 is 0 Å². The van der Waals surface area contributed by atoms with Crippen molar-refractivity contribution >= 4 is 16.8 Å². The minimum Gasteiger partial charge on any atom is -0.276 e. The van der Waals surface area contributed by atoms with Crippen molar-refractivity contribution in [1.29, 1.82) is 0 Å². The molecule has 2 heteroatoms. The summed E-state index contributed by atoms with van der Waals surface area (Å²) in [5.74, 6) is 0. The van der Waals surface area contributed by atoms with Gasteiger partial charge in [0.05, 0.1) is 0 Å². The van der Waals surface area contributed by atoms with E-state index in [0.717, 1.165) is 0 Å². The molecule has 0 heterocycles. The Balaban J connectivity index is 3.34. The lowest BCUT2D eigenvalue weighted by Crippen LogP contribution is -1.72. The molecule has 0 saturated carbocycles. The Kier molecular flexibility index (Phi) is 4.27. The molecule has 0 radical (unpaired) electrons. The highest BCUT2D eigenvalue weighted by atomic mass is 35.5. The molecule has 0 spiro atoms. The number of hydrogen-bond donors (Lipinski definition) is 0. The minimum atomic E-state index is -0.438. The van der Waals surface area contributed by atoms with E-state index in [2.05, 4.69) is 6.58 Å². The van der Waals surface area contributed by atoms with Crippen LogP contribution < -0.4 is 0 Å². The molecule has 0 bridgehead atoms. The van der Waals surface area contributed by atoms with E-state index in [1.807, 2.05) is 0 Å². The van der Waals surface area contributed by atoms with Crippen LogP contribution >= 0.6 is 11.6 Å². The maximum absolute atomic E-state index is 9.96. The molecule has 0 fully saturated rings. The third-order valence-electron chi connectivity index (χ3n) is 0.552. The van der Waals surface area contributed by atoms with Gasteiger partial charge in [0.25, 0.3) is 0 Å². The van der Waals surface area contributed by atoms with Gasteiger partial charge in [-0.05, 0) is 24.1 Å². The summed E-state index contributed by atoms with van der Waals surface area (Å²) in [6.45, 7) is 3.45. The van der Waals surface area contributed by atoms with Gasteiger partial charge < -0.3 is 0 Å². The first-order valence-electron chi connectivity index (χ1n) is 2.24. The molecule has 0 aromatic rings. The van der Waals surface area contributed by atoms with E-state index in [-0.39, 0.29) is 0 Å². The Labute approximate surface area is 53.6 Å². The van der Waals surface area contributed by atoms with Crippen LogP contribution in [0.5, 0.6) is 0 Å². The molecule has 0 aliphatic heterocycles. The van der Waals surface area contributed by atoms with Gasteiger partial charge in [-0.15, -0.1) is 6.58 Å². The molecule has 0 rings (SSSR count). The van der Waals surface area contributed by atoms with Crippen LogP contribution in [0.1, 0.15) is 6.42 Å². The summed E-state index contributed by atoms with van der Waals surface area (Å²) in [7, 11) is 0. The Morgan fingerprint density at radius 3 is 2.75 bits per heavy atom. The van der Waals surface area contributed by atoms with Gasteiger partial charge in [-0.2, -0.15) is 0 Å². The fourth-order valence-corrected chi connectivity index (χ4v) is 0.346. The first-order valence-corrected chi connectivity index (χ1v) is 2.62. The number of hydrogen-bond acceptors (Lipinski definition) is 1. The van der Waals surface area contributed by atoms with Crippen LogP contribution in [0.15, 0.2) is 24.8 Å². The van der Waals surface area contributed by atoms with Crippen molar-refractivity contribution in [3.8, 4) is 0 Å². The molecular weight excluding hydrogens is 124 g/mol. The first-order chi connectivity index (χ1) is 3.77. The van der Waals surface area contributed by atoms with Gasteiger partial charge in [0.15, 0.2) is 0 Å². The summed E-state index contributed by atoms with van der Waals surface area (Å²) in [4.78, 5) is 9.96. The zero-order valence-corrected chi connectivity index (χ0v) is 5.19. The molecule has 0 aromatic carbocycles. The van der Waals surface area contributed by atoms with Crippen LogP contribution in [-0.4, -0.2) is 5.24 Å². The van der Waals surface area contributed by atoms with Crippen molar-refractivity contribution in [2.45, 2.75) is 6.42 Å². The first kappa shape index (κ1) is 7.44. The van der Waals surface area contributed by atoms with Crippen LogP contribution in [0.3, 0.4) is 0 Å². The predicted octanol–water partition coefficient (Wildman–Crippen LogP) is 1.88. The molecule has 0 atom stereocenters. The largest absolute Gasteiger partial charge is 0.276 e. The summed E-state index contributed by atoms with van der Waals surface area (Å²) in [5.41, 5.74) is 0. The molecule has 1 nitrogen and oxygen atoms in total. The lowest BCUT2D eigenvalue weighted by molar-refractivity contribution is -0.107. The lowest BCUT2D eigenvalue weighted by atomic mass is 10.4. The highest BCUT2D eigenvalue weighted by Gasteiger charge is 1.80. The summed E-state index contributed by atoms with van der Waals surface area (Å²) < 4.78 is 0. The summed E-state index contributed by atoms with van der Waals surface area (Å²) in [6, 6.07) is 0. The van der Waals surface area contributed by atoms with E-state index in [1.165, 1.54) is 6.08 Å². The quantitative estimate of drug-likeness (QED) is 0.324. The van der Waals surface area contributed by atoms with Crippen LogP contribution in [0.2, 0.25) is 0 Å². The van der Waals surface area contributed by atoms with Crippen molar-refractivity contribution in [1.82, 2.24) is 0 Å². The van der Waals surface area contributed by atoms with E-state index < -0.39 is 5.24 Å². The van der Waals surface area contributed by atoms with Crippen LogP contribution in [-0.2, 0) is 4.79 Å². The molecule has 44 valence electrons.